The van der Waals surface area contributed by atoms with E-state index >= 15 is 0 Å². The number of hydrogen-bond donors (Lipinski definition) is 1. The first-order valence-electron chi connectivity index (χ1n) is 4.57. The average molecular weight is 208 g/mol. The molecule has 0 radical (unpaired) electrons. The highest BCUT2D eigenvalue weighted by Gasteiger charge is 2.07. The summed E-state index contributed by atoms with van der Waals surface area (Å²) in [5.74, 6) is 0.939. The molecule has 0 aliphatic rings. The van der Waals surface area contributed by atoms with Crippen LogP contribution in [-0.2, 0) is 0 Å². The van der Waals surface area contributed by atoms with Crippen molar-refractivity contribution in [2.75, 3.05) is 7.11 Å². The summed E-state index contributed by atoms with van der Waals surface area (Å²) in [5, 5.41) is 1.76. The molecule has 14 heavy (non-hydrogen) atoms. The van der Waals surface area contributed by atoms with Crippen LogP contribution in [0.25, 0.3) is 6.08 Å². The number of benzene rings is 1. The lowest BCUT2D eigenvalue weighted by Gasteiger charge is -2.13. The van der Waals surface area contributed by atoms with Crippen molar-refractivity contribution in [2.24, 2.45) is 0 Å². The number of thiol groups is 1. The topological polar surface area (TPSA) is 9.23 Å². The maximum absolute atomic E-state index is 5.31. The molecule has 0 atom stereocenters. The number of rotatable bonds is 2. The molecule has 0 aromatic heterocycles. The molecular formula is C12H16OS. The first-order valence-corrected chi connectivity index (χ1v) is 5.09. The first-order chi connectivity index (χ1) is 6.61. The Balaban J connectivity index is 3.44. The van der Waals surface area contributed by atoms with Crippen LogP contribution in [0.4, 0.5) is 0 Å². The summed E-state index contributed by atoms with van der Waals surface area (Å²) in [6, 6.07) is 2.07. The number of aryl methyl sites for hydroxylation is 1. The quantitative estimate of drug-likeness (QED) is 0.732. The molecule has 0 saturated heterocycles. The molecule has 1 nitrogen and oxygen atoms in total. The molecule has 0 spiro atoms. The molecular weight excluding hydrogens is 192 g/mol. The standard InChI is InChI=1S/C12H16OS/c1-8-7-12(13-4)10(3)11(5-6-14)9(8)2/h5-7,14H,1-4H3/b6-5-. The first kappa shape index (κ1) is 11.2. The van der Waals surface area contributed by atoms with Gasteiger partial charge in [-0.15, -0.1) is 0 Å². The van der Waals surface area contributed by atoms with E-state index in [1.807, 2.05) is 6.08 Å². The minimum absolute atomic E-state index is 0.939. The van der Waals surface area contributed by atoms with Crippen LogP contribution in [0.2, 0.25) is 0 Å². The molecule has 0 heterocycles. The fourth-order valence-electron chi connectivity index (χ4n) is 1.58. The van der Waals surface area contributed by atoms with E-state index in [1.54, 1.807) is 12.5 Å². The van der Waals surface area contributed by atoms with Gasteiger partial charge in [-0.1, -0.05) is 0 Å². The maximum atomic E-state index is 5.31. The Hall–Kier alpha value is -0.890. The van der Waals surface area contributed by atoms with Crippen LogP contribution in [0.1, 0.15) is 22.3 Å². The van der Waals surface area contributed by atoms with E-state index in [0.717, 1.165) is 5.75 Å². The molecule has 0 saturated carbocycles. The summed E-state index contributed by atoms with van der Waals surface area (Å²) < 4.78 is 5.31. The molecule has 1 aromatic carbocycles. The summed E-state index contributed by atoms with van der Waals surface area (Å²) in [5.41, 5.74) is 4.90. The number of ether oxygens (including phenoxy) is 1. The minimum Gasteiger partial charge on any atom is -0.496 e. The Morgan fingerprint density at radius 2 is 1.86 bits per heavy atom. The van der Waals surface area contributed by atoms with Crippen LogP contribution in [0.15, 0.2) is 11.5 Å². The SMILES string of the molecule is COc1cc(C)c(C)c(/C=C\S)c1C. The third kappa shape index (κ3) is 1.95. The van der Waals surface area contributed by atoms with Gasteiger partial charge in [-0.3, -0.25) is 0 Å². The zero-order chi connectivity index (χ0) is 10.7. The number of hydrogen-bond acceptors (Lipinski definition) is 2. The van der Waals surface area contributed by atoms with Crippen molar-refractivity contribution < 1.29 is 4.74 Å². The Morgan fingerprint density at radius 3 is 2.36 bits per heavy atom. The molecule has 2 heteroatoms. The largest absolute Gasteiger partial charge is 0.496 e. The van der Waals surface area contributed by atoms with Gasteiger partial charge in [-0.05, 0) is 60.6 Å². The Bertz CT molecular complexity index is 367. The van der Waals surface area contributed by atoms with E-state index < -0.39 is 0 Å². The molecule has 0 aliphatic carbocycles. The zero-order valence-electron chi connectivity index (χ0n) is 9.09. The van der Waals surface area contributed by atoms with Gasteiger partial charge in [0.15, 0.2) is 0 Å². The van der Waals surface area contributed by atoms with E-state index in [9.17, 15) is 0 Å². The van der Waals surface area contributed by atoms with E-state index in [1.165, 1.54) is 22.3 Å². The van der Waals surface area contributed by atoms with E-state index in [0.29, 0.717) is 0 Å². The highest BCUT2D eigenvalue weighted by molar-refractivity contribution is 7.83. The highest BCUT2D eigenvalue weighted by atomic mass is 32.1. The van der Waals surface area contributed by atoms with Crippen molar-refractivity contribution in [3.8, 4) is 5.75 Å². The van der Waals surface area contributed by atoms with Gasteiger partial charge in [0, 0.05) is 0 Å². The second kappa shape index (κ2) is 4.56. The Kier molecular flexibility index (Phi) is 3.64. The van der Waals surface area contributed by atoms with Gasteiger partial charge in [-0.25, -0.2) is 0 Å². The van der Waals surface area contributed by atoms with Crippen molar-refractivity contribution in [1.82, 2.24) is 0 Å². The van der Waals surface area contributed by atoms with Gasteiger partial charge in [0.2, 0.25) is 0 Å². The molecule has 0 amide bonds. The normalized spacial score (nSPS) is 10.9. The monoisotopic (exact) mass is 208 g/mol. The maximum Gasteiger partial charge on any atom is 0.122 e. The fraction of sp³-hybridized carbons (Fsp3) is 0.333. The molecule has 0 fully saturated rings. The Labute approximate surface area is 91.2 Å². The molecule has 0 N–H and O–H groups in total. The molecule has 1 aromatic rings. The third-order valence-corrected chi connectivity index (χ3v) is 2.73. The molecule has 0 bridgehead atoms. The summed E-state index contributed by atoms with van der Waals surface area (Å²) in [4.78, 5) is 0. The van der Waals surface area contributed by atoms with Crippen molar-refractivity contribution in [3.05, 3.63) is 33.7 Å². The molecule has 76 valence electrons. The second-order valence-electron chi connectivity index (χ2n) is 3.38. The molecule has 0 aliphatic heterocycles. The summed E-state index contributed by atoms with van der Waals surface area (Å²) >= 11 is 4.10. The summed E-state index contributed by atoms with van der Waals surface area (Å²) in [6.07, 6.45) is 2.00. The van der Waals surface area contributed by atoms with Crippen LogP contribution in [-0.4, -0.2) is 7.11 Å². The predicted octanol–water partition coefficient (Wildman–Crippen LogP) is 3.52. The van der Waals surface area contributed by atoms with Crippen LogP contribution in [0, 0.1) is 20.8 Å². The fourth-order valence-corrected chi connectivity index (χ4v) is 1.73. The second-order valence-corrected chi connectivity index (χ2v) is 3.67. The van der Waals surface area contributed by atoms with Crippen LogP contribution in [0.5, 0.6) is 5.75 Å². The molecule has 0 unspecified atom stereocenters. The van der Waals surface area contributed by atoms with Gasteiger partial charge in [0.25, 0.3) is 0 Å². The summed E-state index contributed by atoms with van der Waals surface area (Å²) in [7, 11) is 1.70. The van der Waals surface area contributed by atoms with Gasteiger partial charge in [-0.2, -0.15) is 12.6 Å². The van der Waals surface area contributed by atoms with E-state index in [-0.39, 0.29) is 0 Å². The summed E-state index contributed by atoms with van der Waals surface area (Å²) in [6.45, 7) is 6.27. The minimum atomic E-state index is 0.939. The van der Waals surface area contributed by atoms with Gasteiger partial charge in [0.05, 0.1) is 7.11 Å². The number of methoxy groups -OCH3 is 1. The van der Waals surface area contributed by atoms with E-state index in [2.05, 4.69) is 39.5 Å². The van der Waals surface area contributed by atoms with Gasteiger partial charge >= 0.3 is 0 Å². The predicted molar refractivity (Wildman–Crippen MR) is 65.2 cm³/mol. The van der Waals surface area contributed by atoms with Gasteiger partial charge in [0.1, 0.15) is 5.75 Å². The van der Waals surface area contributed by atoms with Crippen molar-refractivity contribution in [2.45, 2.75) is 20.8 Å². The average Bonchev–Trinajstić information content (AvgIpc) is 2.18. The van der Waals surface area contributed by atoms with Crippen LogP contribution in [0.3, 0.4) is 0 Å². The van der Waals surface area contributed by atoms with Crippen LogP contribution < -0.4 is 4.74 Å². The van der Waals surface area contributed by atoms with Crippen molar-refractivity contribution >= 4 is 18.7 Å². The van der Waals surface area contributed by atoms with Gasteiger partial charge < -0.3 is 4.74 Å². The van der Waals surface area contributed by atoms with E-state index in [4.69, 9.17) is 4.74 Å². The smallest absolute Gasteiger partial charge is 0.122 e. The lowest BCUT2D eigenvalue weighted by molar-refractivity contribution is 0.411. The molecule has 1 rings (SSSR count). The van der Waals surface area contributed by atoms with Crippen LogP contribution >= 0.6 is 12.6 Å². The van der Waals surface area contributed by atoms with Crippen molar-refractivity contribution in [1.29, 1.82) is 0 Å². The van der Waals surface area contributed by atoms with Crippen molar-refractivity contribution in [3.63, 3.8) is 0 Å². The third-order valence-electron chi connectivity index (χ3n) is 2.58. The highest BCUT2D eigenvalue weighted by Crippen LogP contribution is 2.28. The lowest BCUT2D eigenvalue weighted by atomic mass is 9.97. The zero-order valence-corrected chi connectivity index (χ0v) is 9.98. The Morgan fingerprint density at radius 1 is 1.21 bits per heavy atom. The lowest BCUT2D eigenvalue weighted by Crippen LogP contribution is -1.95.